The van der Waals surface area contributed by atoms with Crippen molar-refractivity contribution in [1.82, 2.24) is 19.7 Å². The summed E-state index contributed by atoms with van der Waals surface area (Å²) in [5, 5.41) is 12.5. The molecule has 0 aliphatic carbocycles. The van der Waals surface area contributed by atoms with E-state index in [9.17, 15) is 19.7 Å². The second kappa shape index (κ2) is 9.73. The minimum Gasteiger partial charge on any atom is -0.356 e. The normalized spacial score (nSPS) is 19.6. The Labute approximate surface area is 209 Å². The van der Waals surface area contributed by atoms with Crippen molar-refractivity contribution in [2.45, 2.75) is 38.8 Å². The number of nitrogens with zero attached hydrogens (tertiary/aromatic N) is 4. The summed E-state index contributed by atoms with van der Waals surface area (Å²) in [6.07, 6.45) is 1.22. The summed E-state index contributed by atoms with van der Waals surface area (Å²) in [6, 6.07) is 13.0. The van der Waals surface area contributed by atoms with Crippen LogP contribution in [-0.4, -0.2) is 75.2 Å². The van der Waals surface area contributed by atoms with E-state index in [2.05, 4.69) is 23.7 Å². The number of amides is 2. The molecule has 0 saturated carbocycles. The Morgan fingerprint density at radius 1 is 1.11 bits per heavy atom. The van der Waals surface area contributed by atoms with Crippen LogP contribution in [0.5, 0.6) is 0 Å². The number of piperazine rings is 1. The Bertz CT molecular complexity index is 1310. The van der Waals surface area contributed by atoms with E-state index in [0.29, 0.717) is 18.5 Å². The van der Waals surface area contributed by atoms with E-state index in [1.54, 1.807) is 21.9 Å². The van der Waals surface area contributed by atoms with Crippen molar-refractivity contribution in [3.05, 3.63) is 75.5 Å². The summed E-state index contributed by atoms with van der Waals surface area (Å²) in [4.78, 5) is 47.5. The first kappa shape index (κ1) is 24.0. The number of fused-ring (bicyclic) bond motifs is 4. The number of benzene rings is 2. The van der Waals surface area contributed by atoms with Gasteiger partial charge in [0.15, 0.2) is 0 Å². The van der Waals surface area contributed by atoms with E-state index in [1.807, 2.05) is 24.3 Å². The van der Waals surface area contributed by atoms with Gasteiger partial charge in [0, 0.05) is 41.7 Å². The van der Waals surface area contributed by atoms with Crippen molar-refractivity contribution in [2.24, 2.45) is 0 Å². The lowest BCUT2D eigenvalue weighted by Gasteiger charge is -2.47. The Morgan fingerprint density at radius 3 is 2.64 bits per heavy atom. The van der Waals surface area contributed by atoms with Crippen LogP contribution in [0.1, 0.15) is 43.1 Å². The number of nitrogens with one attached hydrogen (secondary N) is 1. The highest BCUT2D eigenvalue weighted by atomic mass is 16.6. The first-order valence-electron chi connectivity index (χ1n) is 12.6. The van der Waals surface area contributed by atoms with Gasteiger partial charge in [-0.1, -0.05) is 44.2 Å². The summed E-state index contributed by atoms with van der Waals surface area (Å²) in [5.41, 5.74) is 3.33. The monoisotopic (exact) mass is 489 g/mol. The summed E-state index contributed by atoms with van der Waals surface area (Å²) in [5.74, 6) is -0.191. The molecule has 9 nitrogen and oxygen atoms in total. The molecular formula is C27H31N5O4. The number of non-ortho nitro benzene ring substituents is 1. The van der Waals surface area contributed by atoms with Gasteiger partial charge in [0.25, 0.3) is 5.69 Å². The largest absolute Gasteiger partial charge is 0.356 e. The smallest absolute Gasteiger partial charge is 0.269 e. The molecule has 0 bridgehead atoms. The first-order valence-corrected chi connectivity index (χ1v) is 12.6. The summed E-state index contributed by atoms with van der Waals surface area (Å²) < 4.78 is 0. The molecule has 1 saturated heterocycles. The number of hydrogen-bond acceptors (Lipinski definition) is 5. The molecule has 2 aliphatic rings. The lowest BCUT2D eigenvalue weighted by atomic mass is 9.86. The van der Waals surface area contributed by atoms with E-state index in [1.165, 1.54) is 12.1 Å². The predicted octanol–water partition coefficient (Wildman–Crippen LogP) is 3.49. The molecule has 3 heterocycles. The Kier molecular flexibility index (Phi) is 6.49. The molecule has 5 rings (SSSR count). The molecule has 0 spiro atoms. The van der Waals surface area contributed by atoms with Gasteiger partial charge in [-0.15, -0.1) is 0 Å². The van der Waals surface area contributed by atoms with Crippen LogP contribution in [0.2, 0.25) is 0 Å². The molecule has 2 amide bonds. The quantitative estimate of drug-likeness (QED) is 0.385. The number of hydrogen-bond donors (Lipinski definition) is 1. The van der Waals surface area contributed by atoms with Crippen LogP contribution in [0, 0.1) is 10.1 Å². The minimum absolute atomic E-state index is 0.0224. The number of aromatic amines is 1. The van der Waals surface area contributed by atoms with Gasteiger partial charge in [-0.3, -0.25) is 19.7 Å². The van der Waals surface area contributed by atoms with Crippen LogP contribution in [0.15, 0.2) is 48.5 Å². The molecule has 1 aromatic heterocycles. The SMILES string of the molecule is CCN(CC)CCCN1CC(=O)N2C(Cc3c([nH]c4ccccc34)C2c2cccc([N+](=O)[O-])c2)C1=O. The minimum atomic E-state index is -0.643. The highest BCUT2D eigenvalue weighted by molar-refractivity contribution is 5.97. The average molecular weight is 490 g/mol. The molecule has 2 atom stereocenters. The standard InChI is InChI=1S/C27H31N5O4/c1-3-29(4-2)13-8-14-30-17-24(33)31-23(27(30)34)16-21-20-11-5-6-12-22(20)28-25(21)26(31)18-9-7-10-19(15-18)32(35)36/h5-7,9-12,15,23,26,28H,3-4,8,13-14,16-17H2,1-2H3. The van der Waals surface area contributed by atoms with Crippen LogP contribution in [0.3, 0.4) is 0 Å². The Hall–Kier alpha value is -3.72. The van der Waals surface area contributed by atoms with Crippen molar-refractivity contribution < 1.29 is 14.5 Å². The van der Waals surface area contributed by atoms with Crippen LogP contribution >= 0.6 is 0 Å². The van der Waals surface area contributed by atoms with Crippen molar-refractivity contribution in [3.63, 3.8) is 0 Å². The molecule has 0 radical (unpaired) electrons. The molecule has 1 fully saturated rings. The number of rotatable bonds is 8. The highest BCUT2D eigenvalue weighted by Gasteiger charge is 2.48. The van der Waals surface area contributed by atoms with Gasteiger partial charge in [-0.25, -0.2) is 0 Å². The lowest BCUT2D eigenvalue weighted by molar-refractivity contribution is -0.384. The number of carbonyl (C=O) groups is 2. The zero-order chi connectivity index (χ0) is 25.4. The zero-order valence-electron chi connectivity index (χ0n) is 20.6. The van der Waals surface area contributed by atoms with Gasteiger partial charge in [0.1, 0.15) is 6.04 Å². The fourth-order valence-corrected chi connectivity index (χ4v) is 5.69. The summed E-state index contributed by atoms with van der Waals surface area (Å²) in [7, 11) is 0. The number of aromatic nitrogens is 1. The summed E-state index contributed by atoms with van der Waals surface area (Å²) >= 11 is 0. The van der Waals surface area contributed by atoms with Gasteiger partial charge in [0.05, 0.1) is 17.5 Å². The third-order valence-electron chi connectivity index (χ3n) is 7.54. The van der Waals surface area contributed by atoms with Crippen molar-refractivity contribution >= 4 is 28.4 Å². The van der Waals surface area contributed by atoms with Gasteiger partial charge >= 0.3 is 0 Å². The fourth-order valence-electron chi connectivity index (χ4n) is 5.69. The number of para-hydroxylation sites is 1. The number of nitro groups is 1. The molecule has 188 valence electrons. The maximum absolute atomic E-state index is 13.7. The van der Waals surface area contributed by atoms with E-state index >= 15 is 0 Å². The molecule has 3 aromatic rings. The topological polar surface area (TPSA) is 103 Å². The molecule has 36 heavy (non-hydrogen) atoms. The second-order valence-electron chi connectivity index (χ2n) is 9.48. The molecule has 1 N–H and O–H groups in total. The van der Waals surface area contributed by atoms with Crippen LogP contribution in [-0.2, 0) is 16.0 Å². The van der Waals surface area contributed by atoms with Crippen molar-refractivity contribution in [3.8, 4) is 0 Å². The molecular weight excluding hydrogens is 458 g/mol. The second-order valence-corrected chi connectivity index (χ2v) is 9.48. The first-order chi connectivity index (χ1) is 17.4. The highest BCUT2D eigenvalue weighted by Crippen LogP contribution is 2.43. The van der Waals surface area contributed by atoms with E-state index < -0.39 is 17.0 Å². The number of carbonyl (C=O) groups excluding carboxylic acids is 2. The van der Waals surface area contributed by atoms with E-state index in [4.69, 9.17) is 0 Å². The molecule has 2 aliphatic heterocycles. The predicted molar refractivity (Wildman–Crippen MR) is 137 cm³/mol. The number of nitro benzene ring substituents is 1. The van der Waals surface area contributed by atoms with Gasteiger partial charge in [-0.2, -0.15) is 0 Å². The third-order valence-corrected chi connectivity index (χ3v) is 7.54. The molecule has 2 unspecified atom stereocenters. The number of H-pyrrole nitrogens is 1. The fraction of sp³-hybridized carbons (Fsp3) is 0.407. The molecule has 2 aromatic carbocycles. The Morgan fingerprint density at radius 2 is 1.89 bits per heavy atom. The van der Waals surface area contributed by atoms with Crippen molar-refractivity contribution in [2.75, 3.05) is 32.7 Å². The third kappa shape index (κ3) is 4.13. The maximum Gasteiger partial charge on any atom is 0.269 e. The zero-order valence-corrected chi connectivity index (χ0v) is 20.6. The average Bonchev–Trinajstić information content (AvgIpc) is 3.26. The van der Waals surface area contributed by atoms with Gasteiger partial charge < -0.3 is 19.7 Å². The summed E-state index contributed by atoms with van der Waals surface area (Å²) in [6.45, 7) is 7.57. The van der Waals surface area contributed by atoms with Crippen molar-refractivity contribution in [1.29, 1.82) is 0 Å². The van der Waals surface area contributed by atoms with Crippen LogP contribution in [0.25, 0.3) is 10.9 Å². The molecule has 9 heteroatoms. The Balaban J connectivity index is 1.53. The van der Waals surface area contributed by atoms with Gasteiger partial charge in [0.2, 0.25) is 11.8 Å². The van der Waals surface area contributed by atoms with E-state index in [-0.39, 0.29) is 24.0 Å². The van der Waals surface area contributed by atoms with Gasteiger partial charge in [-0.05, 0) is 43.2 Å². The van der Waals surface area contributed by atoms with Crippen LogP contribution in [0.4, 0.5) is 5.69 Å². The van der Waals surface area contributed by atoms with Crippen LogP contribution < -0.4 is 0 Å². The van der Waals surface area contributed by atoms with E-state index in [0.717, 1.165) is 48.2 Å². The lowest BCUT2D eigenvalue weighted by Crippen LogP contribution is -2.63. The maximum atomic E-state index is 13.7.